The molecular formula is C18H25N3O4. The zero-order valence-corrected chi connectivity index (χ0v) is 15.0. The van der Waals surface area contributed by atoms with Crippen LogP contribution in [0.4, 0.5) is 10.5 Å². The van der Waals surface area contributed by atoms with Gasteiger partial charge in [0.05, 0.1) is 13.0 Å². The molecule has 3 amide bonds. The Bertz CT molecular complexity index is 622. The lowest BCUT2D eigenvalue weighted by atomic mass is 10.1. The first-order chi connectivity index (χ1) is 11.9. The third-order valence-electron chi connectivity index (χ3n) is 4.31. The van der Waals surface area contributed by atoms with Gasteiger partial charge >= 0.3 is 6.09 Å². The summed E-state index contributed by atoms with van der Waals surface area (Å²) in [6, 6.07) is 7.40. The first kappa shape index (κ1) is 18.8. The maximum Gasteiger partial charge on any atom is 0.409 e. The molecule has 0 radical (unpaired) electrons. The molecule has 25 heavy (non-hydrogen) atoms. The van der Waals surface area contributed by atoms with Crippen LogP contribution in [0, 0.1) is 0 Å². The van der Waals surface area contributed by atoms with Gasteiger partial charge in [0.25, 0.3) is 0 Å². The maximum atomic E-state index is 12.4. The molecule has 0 N–H and O–H groups in total. The molecule has 1 aromatic rings. The number of carbonyl (C=O) groups excluding carboxylic acids is 3. The van der Waals surface area contributed by atoms with E-state index in [0.29, 0.717) is 39.2 Å². The van der Waals surface area contributed by atoms with E-state index in [4.69, 9.17) is 4.74 Å². The van der Waals surface area contributed by atoms with Gasteiger partial charge in [-0.3, -0.25) is 9.59 Å². The average Bonchev–Trinajstić information content (AvgIpc) is 2.62. The number of nitrogens with zero attached hydrogens (tertiary/aromatic N) is 3. The third-order valence-corrected chi connectivity index (χ3v) is 4.31. The first-order valence-electron chi connectivity index (χ1n) is 8.45. The number of ether oxygens (including phenoxy) is 1. The van der Waals surface area contributed by atoms with Crippen LogP contribution in [0.5, 0.6) is 0 Å². The number of hydrogen-bond donors (Lipinski definition) is 0. The van der Waals surface area contributed by atoms with Crippen molar-refractivity contribution in [3.05, 3.63) is 29.8 Å². The van der Waals surface area contributed by atoms with Crippen molar-refractivity contribution in [3.63, 3.8) is 0 Å². The van der Waals surface area contributed by atoms with Gasteiger partial charge in [-0.25, -0.2) is 4.79 Å². The summed E-state index contributed by atoms with van der Waals surface area (Å²) < 4.78 is 4.98. The highest BCUT2D eigenvalue weighted by molar-refractivity contribution is 5.90. The van der Waals surface area contributed by atoms with Gasteiger partial charge in [0, 0.05) is 45.8 Å². The Hall–Kier alpha value is -2.57. The summed E-state index contributed by atoms with van der Waals surface area (Å²) >= 11 is 0. The normalized spacial score (nSPS) is 14.2. The number of anilines is 1. The molecule has 1 heterocycles. The molecule has 0 atom stereocenters. The van der Waals surface area contributed by atoms with Crippen LogP contribution in [0.2, 0.25) is 0 Å². The van der Waals surface area contributed by atoms with Crippen LogP contribution in [-0.4, -0.2) is 67.5 Å². The fourth-order valence-corrected chi connectivity index (χ4v) is 2.66. The number of hydrogen-bond acceptors (Lipinski definition) is 4. The van der Waals surface area contributed by atoms with E-state index >= 15 is 0 Å². The minimum Gasteiger partial charge on any atom is -0.450 e. The van der Waals surface area contributed by atoms with E-state index in [2.05, 4.69) is 0 Å². The van der Waals surface area contributed by atoms with E-state index in [1.165, 1.54) is 6.92 Å². The van der Waals surface area contributed by atoms with Crippen molar-refractivity contribution in [3.8, 4) is 0 Å². The van der Waals surface area contributed by atoms with Gasteiger partial charge in [-0.1, -0.05) is 12.1 Å². The smallest absolute Gasteiger partial charge is 0.409 e. The second-order valence-electron chi connectivity index (χ2n) is 5.99. The summed E-state index contributed by atoms with van der Waals surface area (Å²) in [7, 11) is 1.71. The lowest BCUT2D eigenvalue weighted by Gasteiger charge is -2.34. The fourth-order valence-electron chi connectivity index (χ4n) is 2.66. The Labute approximate surface area is 148 Å². The molecule has 1 aromatic carbocycles. The van der Waals surface area contributed by atoms with E-state index in [0.717, 1.165) is 11.3 Å². The van der Waals surface area contributed by atoms with Crippen LogP contribution in [-0.2, 0) is 20.7 Å². The molecular weight excluding hydrogens is 322 g/mol. The zero-order chi connectivity index (χ0) is 18.4. The zero-order valence-electron chi connectivity index (χ0n) is 15.0. The largest absolute Gasteiger partial charge is 0.450 e. The molecule has 1 aliphatic heterocycles. The summed E-state index contributed by atoms with van der Waals surface area (Å²) in [4.78, 5) is 40.4. The lowest BCUT2D eigenvalue weighted by Crippen LogP contribution is -2.51. The van der Waals surface area contributed by atoms with Crippen molar-refractivity contribution in [2.24, 2.45) is 0 Å². The highest BCUT2D eigenvalue weighted by Gasteiger charge is 2.24. The maximum absolute atomic E-state index is 12.4. The van der Waals surface area contributed by atoms with E-state index in [1.807, 2.05) is 24.3 Å². The molecule has 0 bridgehead atoms. The van der Waals surface area contributed by atoms with Crippen molar-refractivity contribution in [2.75, 3.05) is 44.7 Å². The van der Waals surface area contributed by atoms with Crippen LogP contribution < -0.4 is 4.90 Å². The minimum absolute atomic E-state index is 0.0381. The molecule has 7 heteroatoms. The molecule has 1 saturated heterocycles. The summed E-state index contributed by atoms with van der Waals surface area (Å²) in [5.41, 5.74) is 1.70. The number of rotatable bonds is 4. The van der Waals surface area contributed by atoms with Gasteiger partial charge in [-0.15, -0.1) is 0 Å². The Morgan fingerprint density at radius 3 is 2.12 bits per heavy atom. The molecule has 0 aliphatic carbocycles. The molecule has 136 valence electrons. The predicted molar refractivity (Wildman–Crippen MR) is 94.4 cm³/mol. The third kappa shape index (κ3) is 4.95. The van der Waals surface area contributed by atoms with E-state index in [-0.39, 0.29) is 17.9 Å². The molecule has 7 nitrogen and oxygen atoms in total. The number of piperazine rings is 1. The summed E-state index contributed by atoms with van der Waals surface area (Å²) in [5, 5.41) is 0. The standard InChI is InChI=1S/C18H25N3O4/c1-4-25-18(24)21-11-9-20(10-12-21)17(23)13-15-5-7-16(8-6-15)19(3)14(2)22/h5-8H,4,9-13H2,1-3H3. The Kier molecular flexibility index (Phi) is 6.38. The second kappa shape index (κ2) is 8.50. The number of amides is 3. The average molecular weight is 347 g/mol. The van der Waals surface area contributed by atoms with Crippen LogP contribution in [0.3, 0.4) is 0 Å². The van der Waals surface area contributed by atoms with Crippen LogP contribution in [0.25, 0.3) is 0 Å². The Morgan fingerprint density at radius 2 is 1.60 bits per heavy atom. The number of carbonyl (C=O) groups is 3. The molecule has 1 aliphatic rings. The summed E-state index contributed by atoms with van der Waals surface area (Å²) in [6.45, 7) is 5.66. The van der Waals surface area contributed by atoms with Crippen LogP contribution in [0.15, 0.2) is 24.3 Å². The Morgan fingerprint density at radius 1 is 1.04 bits per heavy atom. The van der Waals surface area contributed by atoms with Gasteiger partial charge in [0.1, 0.15) is 0 Å². The van der Waals surface area contributed by atoms with E-state index < -0.39 is 0 Å². The van der Waals surface area contributed by atoms with E-state index in [9.17, 15) is 14.4 Å². The Balaban J connectivity index is 1.86. The monoisotopic (exact) mass is 347 g/mol. The molecule has 2 rings (SSSR count). The molecule has 1 fully saturated rings. The highest BCUT2D eigenvalue weighted by atomic mass is 16.6. The molecule has 0 spiro atoms. The van der Waals surface area contributed by atoms with Gasteiger partial charge < -0.3 is 19.4 Å². The fraction of sp³-hybridized carbons (Fsp3) is 0.500. The predicted octanol–water partition coefficient (Wildman–Crippen LogP) is 1.51. The topological polar surface area (TPSA) is 70.2 Å². The number of benzene rings is 1. The van der Waals surface area contributed by atoms with Crippen LogP contribution >= 0.6 is 0 Å². The van der Waals surface area contributed by atoms with Gasteiger partial charge in [0.2, 0.25) is 11.8 Å². The van der Waals surface area contributed by atoms with Crippen molar-refractivity contribution in [2.45, 2.75) is 20.3 Å². The van der Waals surface area contributed by atoms with E-state index in [1.54, 1.807) is 28.7 Å². The van der Waals surface area contributed by atoms with Crippen molar-refractivity contribution < 1.29 is 19.1 Å². The highest BCUT2D eigenvalue weighted by Crippen LogP contribution is 2.15. The van der Waals surface area contributed by atoms with Crippen LogP contribution in [0.1, 0.15) is 19.4 Å². The van der Waals surface area contributed by atoms with Gasteiger partial charge in [-0.05, 0) is 24.6 Å². The molecule has 0 unspecified atom stereocenters. The van der Waals surface area contributed by atoms with Crippen molar-refractivity contribution in [1.29, 1.82) is 0 Å². The summed E-state index contributed by atoms with van der Waals surface area (Å²) in [5.74, 6) is -0.000483. The minimum atomic E-state index is -0.320. The second-order valence-corrected chi connectivity index (χ2v) is 5.99. The van der Waals surface area contributed by atoms with Crippen molar-refractivity contribution in [1.82, 2.24) is 9.80 Å². The van der Waals surface area contributed by atoms with Gasteiger partial charge in [0.15, 0.2) is 0 Å². The SMILES string of the molecule is CCOC(=O)N1CCN(C(=O)Cc2ccc(N(C)C(C)=O)cc2)CC1. The first-order valence-corrected chi connectivity index (χ1v) is 8.45. The lowest BCUT2D eigenvalue weighted by molar-refractivity contribution is -0.132. The van der Waals surface area contributed by atoms with Crippen molar-refractivity contribution >= 4 is 23.6 Å². The quantitative estimate of drug-likeness (QED) is 0.828. The van der Waals surface area contributed by atoms with Gasteiger partial charge in [-0.2, -0.15) is 0 Å². The molecule has 0 saturated carbocycles. The molecule has 0 aromatic heterocycles. The summed E-state index contributed by atoms with van der Waals surface area (Å²) in [6.07, 6.45) is -0.0106.